The van der Waals surface area contributed by atoms with Crippen LogP contribution in [0.4, 0.5) is 13.2 Å². The molecule has 1 fully saturated rings. The predicted molar refractivity (Wildman–Crippen MR) is 132 cm³/mol. The zero-order valence-electron chi connectivity index (χ0n) is 19.9. The van der Waals surface area contributed by atoms with Crippen LogP contribution in [0.1, 0.15) is 38.8 Å². The van der Waals surface area contributed by atoms with Crippen molar-refractivity contribution in [2.75, 3.05) is 13.3 Å². The number of allylic oxidation sites excluding steroid dienone is 3. The first-order chi connectivity index (χ1) is 17.0. The quantitative estimate of drug-likeness (QED) is 0.396. The molecule has 2 bridgehead atoms. The number of aromatic nitrogens is 2. The summed E-state index contributed by atoms with van der Waals surface area (Å²) in [6.07, 6.45) is 14.7. The van der Waals surface area contributed by atoms with E-state index in [-0.39, 0.29) is 42.2 Å². The Bertz CT molecular complexity index is 1280. The fourth-order valence-corrected chi connectivity index (χ4v) is 7.47. The number of rotatable bonds is 9. The number of amidine groups is 1. The van der Waals surface area contributed by atoms with Crippen LogP contribution in [0.5, 0.6) is 5.88 Å². The van der Waals surface area contributed by atoms with Gasteiger partial charge in [0.1, 0.15) is 18.2 Å². The van der Waals surface area contributed by atoms with Crippen molar-refractivity contribution in [2.24, 2.45) is 16.6 Å². The van der Waals surface area contributed by atoms with Crippen molar-refractivity contribution >= 4 is 21.5 Å². The summed E-state index contributed by atoms with van der Waals surface area (Å²) in [6.45, 7) is 0.931. The molecule has 2 aliphatic rings. The van der Waals surface area contributed by atoms with Crippen molar-refractivity contribution < 1.29 is 26.3 Å². The van der Waals surface area contributed by atoms with E-state index in [1.165, 1.54) is 19.2 Å². The van der Waals surface area contributed by atoms with Gasteiger partial charge in [-0.1, -0.05) is 11.8 Å². The number of aliphatic imine (C=N–C) groups is 1. The van der Waals surface area contributed by atoms with E-state index in [0.717, 1.165) is 12.3 Å². The molecule has 7 nitrogen and oxygen atoms in total. The number of sulfone groups is 1. The summed E-state index contributed by atoms with van der Waals surface area (Å²) >= 11 is 0. The van der Waals surface area contributed by atoms with Crippen molar-refractivity contribution in [3.63, 3.8) is 0 Å². The van der Waals surface area contributed by atoms with Crippen LogP contribution < -0.4 is 10.5 Å². The van der Waals surface area contributed by atoms with Crippen LogP contribution >= 0.6 is 0 Å². The second-order valence-electron chi connectivity index (χ2n) is 9.02. The van der Waals surface area contributed by atoms with Crippen LogP contribution in [-0.4, -0.2) is 59.2 Å². The molecule has 1 aromatic heterocycles. The highest BCUT2D eigenvalue weighted by Crippen LogP contribution is 2.51. The molecule has 1 saturated heterocycles. The molecule has 0 radical (unpaired) electrons. The molecule has 0 aromatic carbocycles. The lowest BCUT2D eigenvalue weighted by Gasteiger charge is -2.43. The Labute approximate surface area is 209 Å². The number of nitrogens with two attached hydrogens (primary N) is 1. The van der Waals surface area contributed by atoms with Gasteiger partial charge in [0.25, 0.3) is 0 Å². The average Bonchev–Trinajstić information content (AvgIpc) is 3.05. The Hall–Kier alpha value is -3.31. The molecule has 0 saturated carbocycles. The molecule has 3 rings (SSSR count). The fraction of sp³-hybridized carbons (Fsp3) is 0.480. The number of ether oxygens (including phenoxy) is 1. The van der Waals surface area contributed by atoms with Gasteiger partial charge in [-0.25, -0.2) is 27.2 Å². The van der Waals surface area contributed by atoms with Gasteiger partial charge in [-0.2, -0.15) is 0 Å². The van der Waals surface area contributed by atoms with Gasteiger partial charge in [-0.05, 0) is 50.8 Å². The maximum atomic E-state index is 15.0. The smallest absolute Gasteiger partial charge is 0.233 e. The van der Waals surface area contributed by atoms with Gasteiger partial charge < -0.3 is 10.5 Å². The van der Waals surface area contributed by atoms with Crippen molar-refractivity contribution in [1.82, 2.24) is 9.97 Å². The highest BCUT2D eigenvalue weighted by molar-refractivity contribution is 7.94. The molecule has 3 heterocycles. The minimum absolute atomic E-state index is 0.0273. The molecule has 36 heavy (non-hydrogen) atoms. The first kappa shape index (κ1) is 27.3. The van der Waals surface area contributed by atoms with Gasteiger partial charge in [0, 0.05) is 5.92 Å². The largest absolute Gasteiger partial charge is 0.460 e. The summed E-state index contributed by atoms with van der Waals surface area (Å²) in [5.41, 5.74) is 4.54. The van der Waals surface area contributed by atoms with Gasteiger partial charge in [-0.3, -0.25) is 9.38 Å². The Morgan fingerprint density at radius 3 is 2.64 bits per heavy atom. The Kier molecular flexibility index (Phi) is 7.85. The Morgan fingerprint density at radius 1 is 1.36 bits per heavy atom. The summed E-state index contributed by atoms with van der Waals surface area (Å²) in [5.74, 6) is 2.56. The molecular weight excluding hydrogens is 493 g/mol. The second-order valence-corrected chi connectivity index (χ2v) is 11.5. The molecule has 2 aliphatic heterocycles. The number of hydrogen-bond donors (Lipinski definition) is 1. The van der Waals surface area contributed by atoms with Crippen LogP contribution in [0.25, 0.3) is 5.83 Å². The minimum Gasteiger partial charge on any atom is -0.460 e. The first-order valence-electron chi connectivity index (χ1n) is 11.2. The third-order valence-corrected chi connectivity index (χ3v) is 9.98. The standard InChI is InChI=1S/C25H27F3N4O3S/c1-5-7-17(11-19(28)20-13-31-22(14-30-20)35-16(3)6-2)10-18(12-26)24(4)21-8-9-25(15-27,23(29)32-24)36(21,33)34/h1-2,7,11,13-14,16,18,21H,8-10,12,15H2,3-4H3,(H2,29,32)/b17-7+,19-11-/t16-,18?,21-,24+,25-/m0/s1. The van der Waals surface area contributed by atoms with Crippen molar-refractivity contribution in [3.8, 4) is 30.6 Å². The zero-order valence-corrected chi connectivity index (χ0v) is 20.7. The van der Waals surface area contributed by atoms with E-state index in [4.69, 9.17) is 23.3 Å². The molecular formula is C25H27F3N4O3S. The molecule has 1 aromatic rings. The molecule has 0 spiro atoms. The third kappa shape index (κ3) is 4.60. The molecule has 5 atom stereocenters. The van der Waals surface area contributed by atoms with Crippen LogP contribution in [0.3, 0.4) is 0 Å². The molecule has 0 aliphatic carbocycles. The average molecular weight is 521 g/mol. The van der Waals surface area contributed by atoms with Gasteiger partial charge in [-0.15, -0.1) is 12.8 Å². The van der Waals surface area contributed by atoms with E-state index in [2.05, 4.69) is 26.8 Å². The number of fused-ring (bicyclic) bond motifs is 2. The number of hydrogen-bond acceptors (Lipinski definition) is 7. The minimum atomic E-state index is -4.07. The highest BCUT2D eigenvalue weighted by Gasteiger charge is 2.66. The van der Waals surface area contributed by atoms with Crippen LogP contribution in [0.2, 0.25) is 0 Å². The number of nitrogens with zero attached hydrogens (tertiary/aromatic N) is 3. The van der Waals surface area contributed by atoms with Crippen molar-refractivity contribution in [3.05, 3.63) is 35.8 Å². The summed E-state index contributed by atoms with van der Waals surface area (Å²) in [5, 5.41) is -1.13. The summed E-state index contributed by atoms with van der Waals surface area (Å²) in [4.78, 5) is 12.2. The molecule has 192 valence electrons. The summed E-state index contributed by atoms with van der Waals surface area (Å²) in [7, 11) is -4.07. The Balaban J connectivity index is 1.90. The van der Waals surface area contributed by atoms with E-state index in [9.17, 15) is 21.6 Å². The van der Waals surface area contributed by atoms with Gasteiger partial charge in [0.05, 0.1) is 29.9 Å². The molecule has 11 heteroatoms. The summed E-state index contributed by atoms with van der Waals surface area (Å²) < 4.78 is 73.0. The van der Waals surface area contributed by atoms with E-state index in [1.807, 2.05) is 0 Å². The molecule has 2 N–H and O–H groups in total. The SMILES string of the molecule is C#C/C=C(/C=C(\F)c1cnc(O[C@@H](C)C#C)cn1)CC(CF)[C@@]1(C)N=C(N)[C@@]2(CF)CC[C@@H]1S2(=O)=O. The highest BCUT2D eigenvalue weighted by atomic mass is 32.2. The van der Waals surface area contributed by atoms with E-state index >= 15 is 0 Å². The third-order valence-electron chi connectivity index (χ3n) is 6.91. The first-order valence-corrected chi connectivity index (χ1v) is 12.7. The topological polar surface area (TPSA) is 108 Å². The number of alkyl halides is 2. The van der Waals surface area contributed by atoms with Crippen LogP contribution in [-0.2, 0) is 9.84 Å². The summed E-state index contributed by atoms with van der Waals surface area (Å²) in [6, 6.07) is 0. The van der Waals surface area contributed by atoms with E-state index in [1.54, 1.807) is 6.92 Å². The maximum Gasteiger partial charge on any atom is 0.233 e. The van der Waals surface area contributed by atoms with Gasteiger partial charge in [0.15, 0.2) is 26.5 Å². The van der Waals surface area contributed by atoms with Crippen LogP contribution in [0.15, 0.2) is 35.1 Å². The molecule has 0 amide bonds. The van der Waals surface area contributed by atoms with Crippen LogP contribution in [0, 0.1) is 30.6 Å². The fourth-order valence-electron chi connectivity index (χ4n) is 4.73. The maximum absolute atomic E-state index is 15.0. The molecule has 1 unspecified atom stereocenters. The lowest BCUT2D eigenvalue weighted by atomic mass is 9.78. The lowest BCUT2D eigenvalue weighted by molar-refractivity contribution is 0.224. The normalized spacial score (nSPS) is 29.0. The van der Waals surface area contributed by atoms with E-state index < -0.39 is 56.6 Å². The Morgan fingerprint density at radius 2 is 2.08 bits per heavy atom. The lowest BCUT2D eigenvalue weighted by Crippen LogP contribution is -2.61. The number of terminal acetylenes is 2. The van der Waals surface area contributed by atoms with Crippen molar-refractivity contribution in [1.29, 1.82) is 0 Å². The van der Waals surface area contributed by atoms with Crippen molar-refractivity contribution in [2.45, 2.75) is 54.7 Å². The monoisotopic (exact) mass is 520 g/mol. The second kappa shape index (κ2) is 10.4. The zero-order chi connectivity index (χ0) is 26.7. The van der Waals surface area contributed by atoms with E-state index in [0.29, 0.717) is 0 Å². The number of halogens is 3. The predicted octanol–water partition coefficient (Wildman–Crippen LogP) is 3.14. The van der Waals surface area contributed by atoms with Gasteiger partial charge in [0.2, 0.25) is 5.88 Å². The van der Waals surface area contributed by atoms with Gasteiger partial charge >= 0.3 is 0 Å².